The molecule has 1 aromatic heterocycles. The molecule has 156 valence electrons. The monoisotopic (exact) mass is 441 g/mol. The standard InChI is InChI=1S/C22H23N3O3S2/c1-14-23-20-11-10-19(12-21(20)29-14)30(27,28)25(18-8-9-18)13-15-2-4-16(5-3-15)22(26)24-17-6-7-17/h2-5,10-12,17-18H,6-9,13H2,1H3,(H,24,26). The first-order chi connectivity index (χ1) is 14.4. The van der Waals surface area contributed by atoms with Crippen molar-refractivity contribution in [2.45, 2.75) is 56.1 Å². The maximum atomic E-state index is 13.4. The van der Waals surface area contributed by atoms with Gasteiger partial charge in [0.1, 0.15) is 0 Å². The zero-order valence-electron chi connectivity index (χ0n) is 16.7. The minimum Gasteiger partial charge on any atom is -0.349 e. The average molecular weight is 442 g/mol. The van der Waals surface area contributed by atoms with E-state index < -0.39 is 10.0 Å². The van der Waals surface area contributed by atoms with Crippen LogP contribution < -0.4 is 5.32 Å². The van der Waals surface area contributed by atoms with Crippen molar-refractivity contribution >= 4 is 37.5 Å². The molecule has 0 bridgehead atoms. The zero-order valence-corrected chi connectivity index (χ0v) is 18.3. The van der Waals surface area contributed by atoms with Gasteiger partial charge in [-0.15, -0.1) is 11.3 Å². The lowest BCUT2D eigenvalue weighted by Gasteiger charge is -2.22. The molecule has 1 amide bonds. The van der Waals surface area contributed by atoms with Crippen LogP contribution in [0.5, 0.6) is 0 Å². The molecule has 1 heterocycles. The van der Waals surface area contributed by atoms with Crippen LogP contribution in [-0.2, 0) is 16.6 Å². The first-order valence-electron chi connectivity index (χ1n) is 10.2. The Morgan fingerprint density at radius 1 is 1.13 bits per heavy atom. The third-order valence-corrected chi connectivity index (χ3v) is 8.32. The third-order valence-electron chi connectivity index (χ3n) is 5.49. The van der Waals surface area contributed by atoms with Gasteiger partial charge in [-0.05, 0) is 68.5 Å². The maximum absolute atomic E-state index is 13.4. The van der Waals surface area contributed by atoms with Crippen molar-refractivity contribution < 1.29 is 13.2 Å². The summed E-state index contributed by atoms with van der Waals surface area (Å²) in [5.41, 5.74) is 2.31. The van der Waals surface area contributed by atoms with Gasteiger partial charge in [0.2, 0.25) is 10.0 Å². The zero-order chi connectivity index (χ0) is 20.9. The number of sulfonamides is 1. The number of nitrogens with one attached hydrogen (secondary N) is 1. The molecule has 0 saturated heterocycles. The Hall–Kier alpha value is -2.29. The number of carbonyl (C=O) groups excluding carboxylic acids is 1. The van der Waals surface area contributed by atoms with Crippen LogP contribution in [0.2, 0.25) is 0 Å². The van der Waals surface area contributed by atoms with Gasteiger partial charge in [-0.2, -0.15) is 4.31 Å². The Kier molecular flexibility index (Phi) is 4.88. The Bertz CT molecular complexity index is 1210. The molecule has 0 radical (unpaired) electrons. The van der Waals surface area contributed by atoms with Crippen LogP contribution in [0.15, 0.2) is 47.4 Å². The number of thiazole rings is 1. The van der Waals surface area contributed by atoms with Gasteiger partial charge in [0.15, 0.2) is 0 Å². The summed E-state index contributed by atoms with van der Waals surface area (Å²) in [5.74, 6) is -0.0659. The number of hydrogen-bond donors (Lipinski definition) is 1. The summed E-state index contributed by atoms with van der Waals surface area (Å²) in [7, 11) is -3.62. The van der Waals surface area contributed by atoms with E-state index in [9.17, 15) is 13.2 Å². The van der Waals surface area contributed by atoms with Crippen LogP contribution >= 0.6 is 11.3 Å². The molecule has 0 atom stereocenters. The first-order valence-corrected chi connectivity index (χ1v) is 12.4. The highest BCUT2D eigenvalue weighted by molar-refractivity contribution is 7.89. The molecule has 1 N–H and O–H groups in total. The number of benzene rings is 2. The second-order valence-corrected chi connectivity index (χ2v) is 11.2. The molecule has 2 aliphatic carbocycles. The number of fused-ring (bicyclic) bond motifs is 1. The van der Waals surface area contributed by atoms with E-state index in [1.54, 1.807) is 34.6 Å². The van der Waals surface area contributed by atoms with Crippen LogP contribution in [0.3, 0.4) is 0 Å². The molecule has 2 aromatic carbocycles. The quantitative estimate of drug-likeness (QED) is 0.604. The van der Waals surface area contributed by atoms with E-state index in [1.807, 2.05) is 19.1 Å². The normalized spacial score (nSPS) is 16.9. The number of amides is 1. The lowest BCUT2D eigenvalue weighted by atomic mass is 10.1. The van der Waals surface area contributed by atoms with Crippen LogP contribution in [-0.4, -0.2) is 35.7 Å². The molecular weight excluding hydrogens is 418 g/mol. The van der Waals surface area contributed by atoms with Crippen LogP contribution in [0.25, 0.3) is 10.2 Å². The van der Waals surface area contributed by atoms with Gasteiger partial charge in [-0.1, -0.05) is 12.1 Å². The summed E-state index contributed by atoms with van der Waals surface area (Å²) in [5, 5.41) is 3.89. The molecule has 6 nitrogen and oxygen atoms in total. The largest absolute Gasteiger partial charge is 0.349 e. The number of carbonyl (C=O) groups is 1. The van der Waals surface area contributed by atoms with Gasteiger partial charge >= 0.3 is 0 Å². The summed E-state index contributed by atoms with van der Waals surface area (Å²) >= 11 is 1.50. The highest BCUT2D eigenvalue weighted by Gasteiger charge is 2.38. The van der Waals surface area contributed by atoms with Crippen molar-refractivity contribution in [1.29, 1.82) is 0 Å². The second-order valence-electron chi connectivity index (χ2n) is 8.09. The number of nitrogens with zero attached hydrogens (tertiary/aromatic N) is 2. The summed E-state index contributed by atoms with van der Waals surface area (Å²) in [6, 6.07) is 12.8. The van der Waals surface area contributed by atoms with E-state index in [-0.39, 0.29) is 11.9 Å². The van der Waals surface area contributed by atoms with Crippen molar-refractivity contribution in [3.05, 3.63) is 58.6 Å². The lowest BCUT2D eigenvalue weighted by molar-refractivity contribution is 0.0951. The third kappa shape index (κ3) is 3.99. The fraction of sp³-hybridized carbons (Fsp3) is 0.364. The summed E-state index contributed by atoms with van der Waals surface area (Å²) in [6.45, 7) is 2.22. The van der Waals surface area contributed by atoms with Gasteiger partial charge < -0.3 is 5.32 Å². The topological polar surface area (TPSA) is 79.4 Å². The summed E-state index contributed by atoms with van der Waals surface area (Å²) in [4.78, 5) is 16.9. The first kappa shape index (κ1) is 19.7. The summed E-state index contributed by atoms with van der Waals surface area (Å²) < 4.78 is 29.3. The molecule has 5 rings (SSSR count). The van der Waals surface area contributed by atoms with Crippen LogP contribution in [0, 0.1) is 6.92 Å². The van der Waals surface area contributed by atoms with E-state index in [4.69, 9.17) is 0 Å². The Morgan fingerprint density at radius 3 is 2.53 bits per heavy atom. The van der Waals surface area contributed by atoms with E-state index in [0.29, 0.717) is 23.0 Å². The molecule has 0 aliphatic heterocycles. The Morgan fingerprint density at radius 2 is 1.87 bits per heavy atom. The number of rotatable bonds is 7. The van der Waals surface area contributed by atoms with Crippen LogP contribution in [0.1, 0.15) is 46.6 Å². The molecular formula is C22H23N3O3S2. The van der Waals surface area contributed by atoms with Gasteiger partial charge in [0, 0.05) is 24.2 Å². The minimum absolute atomic E-state index is 0.0340. The molecule has 2 saturated carbocycles. The number of aromatic nitrogens is 1. The average Bonchev–Trinajstić information content (AvgIpc) is 3.64. The molecule has 2 aliphatic rings. The summed E-state index contributed by atoms with van der Waals surface area (Å²) in [6.07, 6.45) is 3.85. The molecule has 2 fully saturated rings. The van der Waals surface area contributed by atoms with Crippen LogP contribution in [0.4, 0.5) is 0 Å². The lowest BCUT2D eigenvalue weighted by Crippen LogP contribution is -2.32. The van der Waals surface area contributed by atoms with Crippen molar-refractivity contribution in [3.63, 3.8) is 0 Å². The predicted octanol–water partition coefficient (Wildman–Crippen LogP) is 3.85. The minimum atomic E-state index is -3.62. The van der Waals surface area contributed by atoms with Gasteiger partial charge in [-0.25, -0.2) is 13.4 Å². The predicted molar refractivity (Wildman–Crippen MR) is 117 cm³/mol. The van der Waals surface area contributed by atoms with Crippen molar-refractivity contribution in [1.82, 2.24) is 14.6 Å². The Labute approximate surface area is 180 Å². The van der Waals surface area contributed by atoms with Gasteiger partial charge in [0.25, 0.3) is 5.91 Å². The Balaban J connectivity index is 1.38. The molecule has 30 heavy (non-hydrogen) atoms. The SMILES string of the molecule is Cc1nc2ccc(S(=O)(=O)N(Cc3ccc(C(=O)NC4CC4)cc3)C3CC3)cc2s1. The maximum Gasteiger partial charge on any atom is 0.251 e. The smallest absolute Gasteiger partial charge is 0.251 e. The highest BCUT2D eigenvalue weighted by Crippen LogP contribution is 2.35. The highest BCUT2D eigenvalue weighted by atomic mass is 32.2. The molecule has 0 unspecified atom stereocenters. The fourth-order valence-electron chi connectivity index (χ4n) is 3.53. The second kappa shape index (κ2) is 7.44. The van der Waals surface area contributed by atoms with Crippen molar-refractivity contribution in [3.8, 4) is 0 Å². The van der Waals surface area contributed by atoms with E-state index in [2.05, 4.69) is 10.3 Å². The molecule has 8 heteroatoms. The number of hydrogen-bond acceptors (Lipinski definition) is 5. The number of aryl methyl sites for hydroxylation is 1. The van der Waals surface area contributed by atoms with E-state index >= 15 is 0 Å². The van der Waals surface area contributed by atoms with Crippen molar-refractivity contribution in [2.24, 2.45) is 0 Å². The van der Waals surface area contributed by atoms with E-state index in [1.165, 1.54) is 11.3 Å². The van der Waals surface area contributed by atoms with Gasteiger partial charge in [-0.3, -0.25) is 4.79 Å². The molecule has 3 aromatic rings. The van der Waals surface area contributed by atoms with E-state index in [0.717, 1.165) is 46.5 Å². The van der Waals surface area contributed by atoms with Gasteiger partial charge in [0.05, 0.1) is 20.1 Å². The van der Waals surface area contributed by atoms with Crippen molar-refractivity contribution in [2.75, 3.05) is 0 Å². The molecule has 0 spiro atoms. The fourth-order valence-corrected chi connectivity index (χ4v) is 6.17.